The maximum atomic E-state index is 13.4. The van der Waals surface area contributed by atoms with Gasteiger partial charge in [0.05, 0.1) is 24.5 Å². The van der Waals surface area contributed by atoms with Gasteiger partial charge in [0, 0.05) is 32.3 Å². The Bertz CT molecular complexity index is 1210. The maximum absolute atomic E-state index is 13.4. The van der Waals surface area contributed by atoms with E-state index < -0.39 is 0 Å². The minimum atomic E-state index is -0.110. The molecule has 36 heavy (non-hydrogen) atoms. The van der Waals surface area contributed by atoms with E-state index in [2.05, 4.69) is 4.90 Å². The summed E-state index contributed by atoms with van der Waals surface area (Å²) in [6.07, 6.45) is 4.25. The molecule has 1 saturated heterocycles. The number of para-hydroxylation sites is 1. The molecule has 2 aromatic carbocycles. The predicted octanol–water partition coefficient (Wildman–Crippen LogP) is 4.61. The van der Waals surface area contributed by atoms with E-state index in [1.807, 2.05) is 43.3 Å². The summed E-state index contributed by atoms with van der Waals surface area (Å²) >= 11 is 1.51. The zero-order valence-corrected chi connectivity index (χ0v) is 21.8. The van der Waals surface area contributed by atoms with Gasteiger partial charge in [-0.25, -0.2) is 4.98 Å². The summed E-state index contributed by atoms with van der Waals surface area (Å²) < 4.78 is 23.0. The number of carbonyl (C=O) groups is 1. The molecule has 1 fully saturated rings. The summed E-state index contributed by atoms with van der Waals surface area (Å²) in [5.41, 5.74) is 1.67. The molecular formula is C26H30ClN3O5S. The topological polar surface area (TPSA) is 73.4 Å². The van der Waals surface area contributed by atoms with E-state index >= 15 is 0 Å². The third kappa shape index (κ3) is 6.10. The van der Waals surface area contributed by atoms with Crippen molar-refractivity contribution in [3.05, 3.63) is 48.0 Å². The van der Waals surface area contributed by atoms with Crippen LogP contribution in [0.2, 0.25) is 0 Å². The highest BCUT2D eigenvalue weighted by Gasteiger charge is 2.20. The van der Waals surface area contributed by atoms with Crippen molar-refractivity contribution in [2.24, 2.45) is 0 Å². The monoisotopic (exact) mass is 531 g/mol. The van der Waals surface area contributed by atoms with Crippen molar-refractivity contribution in [1.29, 1.82) is 0 Å². The number of hydrogen-bond acceptors (Lipinski definition) is 8. The van der Waals surface area contributed by atoms with E-state index in [9.17, 15) is 4.79 Å². The van der Waals surface area contributed by atoms with E-state index in [1.165, 1.54) is 11.3 Å². The first-order valence-electron chi connectivity index (χ1n) is 11.9. The first kappa shape index (κ1) is 26.2. The smallest absolute Gasteiger partial charge is 0.252 e. The number of carbonyl (C=O) groups excluding carboxylic acids is 1. The van der Waals surface area contributed by atoms with Crippen molar-refractivity contribution in [2.45, 2.75) is 13.3 Å². The van der Waals surface area contributed by atoms with Crippen molar-refractivity contribution in [2.75, 3.05) is 57.7 Å². The Morgan fingerprint density at radius 2 is 2.03 bits per heavy atom. The van der Waals surface area contributed by atoms with E-state index in [-0.39, 0.29) is 25.1 Å². The molecule has 0 saturated carbocycles. The molecule has 0 radical (unpaired) electrons. The number of thiazole rings is 1. The van der Waals surface area contributed by atoms with Crippen LogP contribution in [0, 0.1) is 0 Å². The van der Waals surface area contributed by atoms with Crippen LogP contribution in [0.15, 0.2) is 42.5 Å². The van der Waals surface area contributed by atoms with Crippen LogP contribution in [-0.4, -0.2) is 68.6 Å². The fraction of sp³-hybridized carbons (Fsp3) is 0.385. The number of aromatic nitrogens is 1. The zero-order valence-electron chi connectivity index (χ0n) is 20.2. The number of benzene rings is 2. The van der Waals surface area contributed by atoms with Gasteiger partial charge in [0.25, 0.3) is 5.91 Å². The molecule has 0 unspecified atom stereocenters. The van der Waals surface area contributed by atoms with Crippen molar-refractivity contribution in [3.8, 4) is 17.2 Å². The fourth-order valence-corrected chi connectivity index (χ4v) is 5.17. The SMILES string of the molecule is CCOc1cccc2sc(N(CCCN3CCOCC3)C(=O)/C=C/c3ccc4c(c3)OCO4)nc12.Cl. The number of morpholine rings is 1. The molecule has 8 nitrogen and oxygen atoms in total. The molecule has 2 aliphatic rings. The molecule has 10 heteroatoms. The van der Waals surface area contributed by atoms with Crippen LogP contribution in [0.4, 0.5) is 5.13 Å². The van der Waals surface area contributed by atoms with Gasteiger partial charge in [-0.15, -0.1) is 12.4 Å². The number of amides is 1. The van der Waals surface area contributed by atoms with E-state index in [1.54, 1.807) is 17.1 Å². The molecule has 1 aromatic heterocycles. The molecule has 2 aliphatic heterocycles. The standard InChI is InChI=1S/C26H29N3O5S.ClH/c1-2-32-21-5-3-6-23-25(21)27-26(35-23)29(12-4-11-28-13-15-31-16-14-28)24(30)10-8-19-7-9-20-22(17-19)34-18-33-20;/h3,5-10,17H,2,4,11-16,18H2,1H3;1H/b10-8+;. The second kappa shape index (κ2) is 12.4. The van der Waals surface area contributed by atoms with Crippen LogP contribution in [0.1, 0.15) is 18.9 Å². The second-order valence-corrected chi connectivity index (χ2v) is 9.28. The van der Waals surface area contributed by atoms with Crippen molar-refractivity contribution in [3.63, 3.8) is 0 Å². The maximum Gasteiger partial charge on any atom is 0.252 e. The molecule has 0 spiro atoms. The van der Waals surface area contributed by atoms with Gasteiger partial charge in [0.1, 0.15) is 11.3 Å². The minimum Gasteiger partial charge on any atom is -0.492 e. The van der Waals surface area contributed by atoms with Crippen LogP contribution in [0.5, 0.6) is 17.2 Å². The lowest BCUT2D eigenvalue weighted by Gasteiger charge is -2.27. The Hall–Kier alpha value is -2.85. The summed E-state index contributed by atoms with van der Waals surface area (Å²) in [5, 5.41) is 0.675. The molecule has 0 atom stereocenters. The Morgan fingerprint density at radius 1 is 1.19 bits per heavy atom. The van der Waals surface area contributed by atoms with Gasteiger partial charge in [-0.05, 0) is 49.2 Å². The fourth-order valence-electron chi connectivity index (χ4n) is 4.15. The number of hydrogen-bond donors (Lipinski definition) is 0. The molecule has 1 amide bonds. The lowest BCUT2D eigenvalue weighted by molar-refractivity contribution is -0.114. The van der Waals surface area contributed by atoms with Gasteiger partial charge >= 0.3 is 0 Å². The first-order chi connectivity index (χ1) is 17.2. The van der Waals surface area contributed by atoms with Crippen LogP contribution < -0.4 is 19.1 Å². The Balaban J connectivity index is 0.00000304. The van der Waals surface area contributed by atoms with E-state index in [0.29, 0.717) is 24.0 Å². The highest BCUT2D eigenvalue weighted by molar-refractivity contribution is 7.22. The zero-order chi connectivity index (χ0) is 24.0. The molecule has 0 aliphatic carbocycles. The number of rotatable bonds is 9. The van der Waals surface area contributed by atoms with E-state index in [0.717, 1.165) is 66.5 Å². The van der Waals surface area contributed by atoms with Gasteiger partial charge in [-0.3, -0.25) is 14.6 Å². The number of anilines is 1. The third-order valence-corrected chi connectivity index (χ3v) is 6.99. The van der Waals surface area contributed by atoms with Gasteiger partial charge in [0.2, 0.25) is 6.79 Å². The Morgan fingerprint density at radius 3 is 2.86 bits per heavy atom. The highest BCUT2D eigenvalue weighted by atomic mass is 35.5. The number of fused-ring (bicyclic) bond motifs is 2. The minimum absolute atomic E-state index is 0. The molecule has 3 aromatic rings. The van der Waals surface area contributed by atoms with Crippen molar-refractivity contribution >= 4 is 51.1 Å². The summed E-state index contributed by atoms with van der Waals surface area (Å²) in [7, 11) is 0. The second-order valence-electron chi connectivity index (χ2n) is 8.28. The first-order valence-corrected chi connectivity index (χ1v) is 12.7. The molecular weight excluding hydrogens is 502 g/mol. The van der Waals surface area contributed by atoms with Crippen LogP contribution in [-0.2, 0) is 9.53 Å². The van der Waals surface area contributed by atoms with Gasteiger partial charge in [-0.1, -0.05) is 23.5 Å². The van der Waals surface area contributed by atoms with Crippen LogP contribution in [0.25, 0.3) is 16.3 Å². The Labute approximate surface area is 220 Å². The number of nitrogens with zero attached hydrogens (tertiary/aromatic N) is 3. The van der Waals surface area contributed by atoms with Gasteiger partial charge in [-0.2, -0.15) is 0 Å². The summed E-state index contributed by atoms with van der Waals surface area (Å²) in [6, 6.07) is 11.5. The Kier molecular flexibility index (Phi) is 9.03. The average molecular weight is 532 g/mol. The quantitative estimate of drug-likeness (QED) is 0.373. The van der Waals surface area contributed by atoms with Gasteiger partial charge < -0.3 is 18.9 Å². The summed E-state index contributed by atoms with van der Waals surface area (Å²) in [6.45, 7) is 7.60. The third-order valence-electron chi connectivity index (χ3n) is 5.94. The lowest BCUT2D eigenvalue weighted by Crippen LogP contribution is -2.39. The molecule has 0 bridgehead atoms. The largest absolute Gasteiger partial charge is 0.492 e. The normalized spacial score (nSPS) is 15.2. The van der Waals surface area contributed by atoms with Crippen LogP contribution in [0.3, 0.4) is 0 Å². The number of ether oxygens (including phenoxy) is 4. The molecule has 192 valence electrons. The van der Waals surface area contributed by atoms with Crippen molar-refractivity contribution < 1.29 is 23.7 Å². The molecule has 5 rings (SSSR count). The average Bonchev–Trinajstić information content (AvgIpc) is 3.53. The molecule has 0 N–H and O–H groups in total. The lowest BCUT2D eigenvalue weighted by atomic mass is 10.2. The summed E-state index contributed by atoms with van der Waals surface area (Å²) in [5.74, 6) is 2.04. The molecule has 3 heterocycles. The van der Waals surface area contributed by atoms with E-state index in [4.69, 9.17) is 23.9 Å². The summed E-state index contributed by atoms with van der Waals surface area (Å²) in [4.78, 5) is 22.4. The highest BCUT2D eigenvalue weighted by Crippen LogP contribution is 2.35. The van der Waals surface area contributed by atoms with Gasteiger partial charge in [0.15, 0.2) is 16.6 Å². The predicted molar refractivity (Wildman–Crippen MR) is 144 cm³/mol. The van der Waals surface area contributed by atoms with Crippen LogP contribution >= 0.6 is 23.7 Å². The number of halogens is 1. The van der Waals surface area contributed by atoms with Crippen molar-refractivity contribution in [1.82, 2.24) is 9.88 Å².